The van der Waals surface area contributed by atoms with E-state index in [-0.39, 0.29) is 11.8 Å². The molecule has 0 unspecified atom stereocenters. The number of allylic oxidation sites excluding steroid dienone is 1. The molecular formula is C28H37NO4. The fourth-order valence-corrected chi connectivity index (χ4v) is 3.31. The van der Waals surface area contributed by atoms with Gasteiger partial charge in [0.05, 0.1) is 19.6 Å². The molecule has 2 rings (SSSR count). The van der Waals surface area contributed by atoms with Gasteiger partial charge in [-0.2, -0.15) is 0 Å². The summed E-state index contributed by atoms with van der Waals surface area (Å²) in [6.45, 7) is 2.74. The van der Waals surface area contributed by atoms with Gasteiger partial charge in [0.15, 0.2) is 5.78 Å². The summed E-state index contributed by atoms with van der Waals surface area (Å²) in [7, 11) is 3.99. The van der Waals surface area contributed by atoms with Crippen LogP contribution >= 0.6 is 0 Å². The van der Waals surface area contributed by atoms with Crippen LogP contribution in [0.15, 0.2) is 54.6 Å². The molecule has 0 saturated heterocycles. The van der Waals surface area contributed by atoms with Gasteiger partial charge >= 0.3 is 5.97 Å². The van der Waals surface area contributed by atoms with Crippen LogP contribution in [0.5, 0.6) is 5.75 Å². The van der Waals surface area contributed by atoms with E-state index in [4.69, 9.17) is 9.47 Å². The molecule has 178 valence electrons. The lowest BCUT2D eigenvalue weighted by Crippen LogP contribution is -2.10. The molecular weight excluding hydrogens is 414 g/mol. The van der Waals surface area contributed by atoms with E-state index >= 15 is 0 Å². The van der Waals surface area contributed by atoms with Crippen LogP contribution in [0.4, 0.5) is 5.69 Å². The van der Waals surface area contributed by atoms with Crippen LogP contribution in [0.25, 0.3) is 6.08 Å². The Morgan fingerprint density at radius 3 is 2.03 bits per heavy atom. The molecule has 0 bridgehead atoms. The van der Waals surface area contributed by atoms with Crippen LogP contribution in [0.2, 0.25) is 0 Å². The molecule has 33 heavy (non-hydrogen) atoms. The molecule has 0 heterocycles. The lowest BCUT2D eigenvalue weighted by Gasteiger charge is -2.12. The van der Waals surface area contributed by atoms with Crippen molar-refractivity contribution >= 4 is 23.5 Å². The number of hydrogen-bond acceptors (Lipinski definition) is 5. The highest BCUT2D eigenvalue weighted by Gasteiger charge is 2.05. The average Bonchev–Trinajstić information content (AvgIpc) is 2.80. The zero-order valence-corrected chi connectivity index (χ0v) is 20.2. The highest BCUT2D eigenvalue weighted by molar-refractivity contribution is 5.91. The minimum absolute atomic E-state index is 0.0401. The third kappa shape index (κ3) is 11.4. The molecule has 0 fully saturated rings. The Morgan fingerprint density at radius 2 is 1.42 bits per heavy atom. The van der Waals surface area contributed by atoms with Crippen molar-refractivity contribution in [3.05, 3.63) is 65.7 Å². The van der Waals surface area contributed by atoms with Crippen LogP contribution in [0, 0.1) is 0 Å². The molecule has 5 heteroatoms. The first kappa shape index (κ1) is 26.2. The van der Waals surface area contributed by atoms with Crippen molar-refractivity contribution in [3.63, 3.8) is 0 Å². The monoisotopic (exact) mass is 451 g/mol. The van der Waals surface area contributed by atoms with E-state index in [0.29, 0.717) is 19.6 Å². The van der Waals surface area contributed by atoms with Gasteiger partial charge in [0.25, 0.3) is 0 Å². The van der Waals surface area contributed by atoms with Crippen LogP contribution in [0.1, 0.15) is 56.6 Å². The first-order valence-corrected chi connectivity index (χ1v) is 11.8. The van der Waals surface area contributed by atoms with Gasteiger partial charge in [-0.3, -0.25) is 9.59 Å². The van der Waals surface area contributed by atoms with E-state index in [0.717, 1.165) is 61.1 Å². The molecule has 0 aliphatic heterocycles. The summed E-state index contributed by atoms with van der Waals surface area (Å²) in [5.41, 5.74) is 3.09. The van der Waals surface area contributed by atoms with E-state index in [2.05, 4.69) is 0 Å². The molecule has 2 aromatic carbocycles. The van der Waals surface area contributed by atoms with Crippen LogP contribution < -0.4 is 9.64 Å². The third-order valence-corrected chi connectivity index (χ3v) is 5.26. The second-order valence-corrected chi connectivity index (χ2v) is 8.44. The predicted octanol–water partition coefficient (Wildman–Crippen LogP) is 5.86. The maximum absolute atomic E-state index is 12.0. The van der Waals surface area contributed by atoms with Crippen molar-refractivity contribution in [1.29, 1.82) is 0 Å². The summed E-state index contributed by atoms with van der Waals surface area (Å²) in [5, 5.41) is 0. The number of ketones is 1. The second-order valence-electron chi connectivity index (χ2n) is 8.44. The number of nitrogens with zero attached hydrogens (tertiary/aromatic N) is 1. The van der Waals surface area contributed by atoms with Gasteiger partial charge in [-0.05, 0) is 61.2 Å². The summed E-state index contributed by atoms with van der Waals surface area (Å²) in [5.74, 6) is 0.733. The predicted molar refractivity (Wildman–Crippen MR) is 135 cm³/mol. The van der Waals surface area contributed by atoms with Gasteiger partial charge in [0, 0.05) is 19.8 Å². The van der Waals surface area contributed by atoms with E-state index < -0.39 is 0 Å². The molecule has 0 saturated carbocycles. The third-order valence-electron chi connectivity index (χ3n) is 5.26. The SMILES string of the molecule is CC(=O)/C=C/c1ccc(OCCCCCCCCOC(=O)Cc2ccc(N(C)C)cc2)cc1. The number of ether oxygens (including phenoxy) is 2. The molecule has 5 nitrogen and oxygen atoms in total. The molecule has 0 amide bonds. The van der Waals surface area contributed by atoms with Gasteiger partial charge in [-0.25, -0.2) is 0 Å². The Bertz CT molecular complexity index is 870. The minimum atomic E-state index is -0.160. The highest BCUT2D eigenvalue weighted by atomic mass is 16.5. The number of esters is 1. The van der Waals surface area contributed by atoms with Crippen LogP contribution in [-0.4, -0.2) is 39.1 Å². The van der Waals surface area contributed by atoms with Crippen molar-refractivity contribution in [3.8, 4) is 5.75 Å². The van der Waals surface area contributed by atoms with Crippen molar-refractivity contribution in [2.45, 2.75) is 51.9 Å². The first-order chi connectivity index (χ1) is 15.9. The molecule has 0 radical (unpaired) electrons. The first-order valence-electron chi connectivity index (χ1n) is 11.8. The molecule has 2 aromatic rings. The Kier molecular flexibility index (Phi) is 11.8. The summed E-state index contributed by atoms with van der Waals surface area (Å²) in [6.07, 6.45) is 10.1. The highest BCUT2D eigenvalue weighted by Crippen LogP contribution is 2.15. The number of unbranched alkanes of at least 4 members (excludes halogenated alkanes) is 5. The largest absolute Gasteiger partial charge is 0.494 e. The second kappa shape index (κ2) is 14.9. The van der Waals surface area contributed by atoms with Crippen molar-refractivity contribution in [1.82, 2.24) is 0 Å². The molecule has 0 atom stereocenters. The Labute approximate surface area is 198 Å². The van der Waals surface area contributed by atoms with Gasteiger partial charge in [-0.15, -0.1) is 0 Å². The van der Waals surface area contributed by atoms with Crippen LogP contribution in [-0.2, 0) is 20.7 Å². The molecule has 0 N–H and O–H groups in total. The molecule has 0 aromatic heterocycles. The Hall–Kier alpha value is -3.08. The van der Waals surface area contributed by atoms with Gasteiger partial charge in [-0.1, -0.05) is 56.0 Å². The number of anilines is 1. The van der Waals surface area contributed by atoms with E-state index in [1.165, 1.54) is 6.92 Å². The maximum Gasteiger partial charge on any atom is 0.310 e. The number of carbonyl (C=O) groups excluding carboxylic acids is 2. The minimum Gasteiger partial charge on any atom is -0.494 e. The van der Waals surface area contributed by atoms with Crippen molar-refractivity contribution in [2.75, 3.05) is 32.2 Å². The maximum atomic E-state index is 12.0. The zero-order valence-electron chi connectivity index (χ0n) is 20.2. The fourth-order valence-electron chi connectivity index (χ4n) is 3.31. The van der Waals surface area contributed by atoms with E-state index in [1.54, 1.807) is 12.2 Å². The Balaban J connectivity index is 1.45. The fraction of sp³-hybridized carbons (Fsp3) is 0.429. The normalized spacial score (nSPS) is 10.9. The quantitative estimate of drug-likeness (QED) is 0.193. The molecule has 0 spiro atoms. The van der Waals surface area contributed by atoms with Gasteiger partial charge < -0.3 is 14.4 Å². The smallest absolute Gasteiger partial charge is 0.310 e. The Morgan fingerprint density at radius 1 is 0.818 bits per heavy atom. The number of hydrogen-bond donors (Lipinski definition) is 0. The van der Waals surface area contributed by atoms with Gasteiger partial charge in [0.1, 0.15) is 5.75 Å². The van der Waals surface area contributed by atoms with Crippen molar-refractivity contribution < 1.29 is 19.1 Å². The molecule has 0 aliphatic carbocycles. The van der Waals surface area contributed by atoms with Gasteiger partial charge in [0.2, 0.25) is 0 Å². The zero-order chi connectivity index (χ0) is 23.9. The van der Waals surface area contributed by atoms with E-state index in [1.807, 2.05) is 67.5 Å². The lowest BCUT2D eigenvalue weighted by atomic mass is 10.1. The summed E-state index contributed by atoms with van der Waals surface area (Å²) < 4.78 is 11.1. The van der Waals surface area contributed by atoms with Crippen molar-refractivity contribution in [2.24, 2.45) is 0 Å². The number of carbonyl (C=O) groups is 2. The molecule has 0 aliphatic rings. The topological polar surface area (TPSA) is 55.8 Å². The summed E-state index contributed by atoms with van der Waals surface area (Å²) >= 11 is 0. The number of benzene rings is 2. The standard InChI is InChI=1S/C28H37NO4/c1-23(30)10-11-24-14-18-27(19-15-24)32-20-8-6-4-5-7-9-21-33-28(31)22-25-12-16-26(17-13-25)29(2)3/h10-19H,4-9,20-22H2,1-3H3/b11-10+. The van der Waals surface area contributed by atoms with Crippen LogP contribution in [0.3, 0.4) is 0 Å². The van der Waals surface area contributed by atoms with E-state index in [9.17, 15) is 9.59 Å². The summed E-state index contributed by atoms with van der Waals surface area (Å²) in [4.78, 5) is 25.0. The lowest BCUT2D eigenvalue weighted by molar-refractivity contribution is -0.143. The summed E-state index contributed by atoms with van der Waals surface area (Å²) in [6, 6.07) is 15.7. The average molecular weight is 452 g/mol. The number of rotatable bonds is 15.